The van der Waals surface area contributed by atoms with Gasteiger partial charge in [0.1, 0.15) is 0 Å². The molecule has 6 nitrogen and oxygen atoms in total. The fourth-order valence-corrected chi connectivity index (χ4v) is 3.47. The van der Waals surface area contributed by atoms with Crippen LogP contribution in [0.25, 0.3) is 10.9 Å². The first-order valence-electron chi connectivity index (χ1n) is 7.18. The molecule has 24 heavy (non-hydrogen) atoms. The lowest BCUT2D eigenvalue weighted by molar-refractivity contribution is 0.427. The van der Waals surface area contributed by atoms with Crippen LogP contribution >= 0.6 is 15.9 Å². The van der Waals surface area contributed by atoms with Crippen LogP contribution in [0.2, 0.25) is 0 Å². The molecule has 0 amide bonds. The maximum absolute atomic E-state index is 12.3. The number of para-hydroxylation sites is 1. The molecule has 0 saturated carbocycles. The summed E-state index contributed by atoms with van der Waals surface area (Å²) < 4.78 is 30.5. The van der Waals surface area contributed by atoms with Gasteiger partial charge in [0, 0.05) is 16.4 Å². The lowest BCUT2D eigenvalue weighted by Crippen LogP contribution is -1.95. The Hall–Kier alpha value is -2.19. The van der Waals surface area contributed by atoms with Crippen molar-refractivity contribution in [3.05, 3.63) is 53.0 Å². The molecule has 1 N–H and O–H groups in total. The highest BCUT2D eigenvalue weighted by Gasteiger charge is 2.17. The molecule has 0 spiro atoms. The van der Waals surface area contributed by atoms with Crippen molar-refractivity contribution in [1.29, 1.82) is 0 Å². The van der Waals surface area contributed by atoms with Gasteiger partial charge in [-0.15, -0.1) is 5.11 Å². The van der Waals surface area contributed by atoms with Crippen molar-refractivity contribution in [2.45, 2.75) is 18.4 Å². The average molecular weight is 408 g/mol. The predicted molar refractivity (Wildman–Crippen MR) is 95.1 cm³/mol. The minimum atomic E-state index is -3.94. The van der Waals surface area contributed by atoms with Crippen LogP contribution in [0.1, 0.15) is 6.92 Å². The van der Waals surface area contributed by atoms with Gasteiger partial charge in [0.25, 0.3) is 10.0 Å². The second kappa shape index (κ2) is 6.37. The Morgan fingerprint density at radius 3 is 2.46 bits per heavy atom. The van der Waals surface area contributed by atoms with Gasteiger partial charge >= 0.3 is 0 Å². The minimum Gasteiger partial charge on any atom is -0.493 e. The smallest absolute Gasteiger partial charge is 0.299 e. The van der Waals surface area contributed by atoms with Crippen molar-refractivity contribution in [3.8, 4) is 5.88 Å². The van der Waals surface area contributed by atoms with E-state index >= 15 is 0 Å². The van der Waals surface area contributed by atoms with Gasteiger partial charge in [0.05, 0.1) is 10.4 Å². The SMILES string of the molecule is CCn1c(O)c(N=NS(=O)(=O)c2ccc(Br)cc2)c2ccccc21. The van der Waals surface area contributed by atoms with Gasteiger partial charge in [0.2, 0.25) is 5.88 Å². The summed E-state index contributed by atoms with van der Waals surface area (Å²) in [6, 6.07) is 13.3. The standard InChI is InChI=1S/C16H14BrN3O3S/c1-2-20-14-6-4-3-5-13(14)15(16(20)21)18-19-24(22,23)12-9-7-11(17)8-10-12/h3-10,21H,2H2,1H3. The fourth-order valence-electron chi connectivity index (χ4n) is 2.44. The summed E-state index contributed by atoms with van der Waals surface area (Å²) in [5.41, 5.74) is 0.917. The Morgan fingerprint density at radius 2 is 1.79 bits per heavy atom. The van der Waals surface area contributed by atoms with E-state index in [0.29, 0.717) is 11.9 Å². The molecule has 2 aromatic carbocycles. The van der Waals surface area contributed by atoms with Crippen molar-refractivity contribution < 1.29 is 13.5 Å². The molecule has 0 saturated heterocycles. The third-order valence-electron chi connectivity index (χ3n) is 3.59. The normalized spacial score (nSPS) is 12.2. The van der Waals surface area contributed by atoms with Crippen molar-refractivity contribution in [2.75, 3.05) is 0 Å². The second-order valence-electron chi connectivity index (χ2n) is 5.04. The Labute approximate surface area is 147 Å². The topological polar surface area (TPSA) is 84.0 Å². The zero-order chi connectivity index (χ0) is 17.3. The number of benzene rings is 2. The van der Waals surface area contributed by atoms with Crippen LogP contribution in [0, 0.1) is 0 Å². The van der Waals surface area contributed by atoms with E-state index in [0.717, 1.165) is 9.99 Å². The maximum atomic E-state index is 12.3. The molecule has 0 aliphatic rings. The number of nitrogens with zero attached hydrogens (tertiary/aromatic N) is 3. The van der Waals surface area contributed by atoms with Crippen LogP contribution in [0.5, 0.6) is 5.88 Å². The van der Waals surface area contributed by atoms with E-state index in [1.54, 1.807) is 28.8 Å². The quantitative estimate of drug-likeness (QED) is 0.641. The summed E-state index contributed by atoms with van der Waals surface area (Å²) in [6.07, 6.45) is 0. The lowest BCUT2D eigenvalue weighted by Gasteiger charge is -2.01. The average Bonchev–Trinajstić information content (AvgIpc) is 2.84. The summed E-state index contributed by atoms with van der Waals surface area (Å²) in [6.45, 7) is 2.41. The summed E-state index contributed by atoms with van der Waals surface area (Å²) in [5.74, 6) is -0.103. The van der Waals surface area contributed by atoms with Crippen molar-refractivity contribution >= 4 is 42.5 Å². The number of halogens is 1. The molecule has 0 radical (unpaired) electrons. The highest BCUT2D eigenvalue weighted by atomic mass is 79.9. The lowest BCUT2D eigenvalue weighted by atomic mass is 10.2. The van der Waals surface area contributed by atoms with Crippen LogP contribution in [-0.2, 0) is 16.6 Å². The molecule has 0 aliphatic heterocycles. The molecule has 3 aromatic rings. The van der Waals surface area contributed by atoms with Gasteiger partial charge < -0.3 is 9.67 Å². The van der Waals surface area contributed by atoms with Crippen molar-refractivity contribution in [3.63, 3.8) is 0 Å². The summed E-state index contributed by atoms with van der Waals surface area (Å²) in [7, 11) is -3.94. The molecule has 0 bridgehead atoms. The van der Waals surface area contributed by atoms with Crippen molar-refractivity contribution in [1.82, 2.24) is 4.57 Å². The summed E-state index contributed by atoms with van der Waals surface area (Å²) in [4.78, 5) is 0.0353. The van der Waals surface area contributed by atoms with E-state index in [1.807, 2.05) is 19.1 Å². The van der Waals surface area contributed by atoms with Gasteiger partial charge in [0.15, 0.2) is 5.69 Å². The zero-order valence-corrected chi connectivity index (χ0v) is 15.1. The number of rotatable bonds is 4. The van der Waals surface area contributed by atoms with E-state index in [9.17, 15) is 13.5 Å². The van der Waals surface area contributed by atoms with Crippen LogP contribution in [0.4, 0.5) is 5.69 Å². The molecule has 0 fully saturated rings. The number of aromatic nitrogens is 1. The van der Waals surface area contributed by atoms with E-state index in [2.05, 4.69) is 25.6 Å². The van der Waals surface area contributed by atoms with Gasteiger partial charge in [-0.3, -0.25) is 0 Å². The van der Waals surface area contributed by atoms with E-state index < -0.39 is 10.0 Å². The summed E-state index contributed by atoms with van der Waals surface area (Å²) in [5, 5.41) is 14.8. The van der Waals surface area contributed by atoms with Crippen molar-refractivity contribution in [2.24, 2.45) is 9.63 Å². The highest BCUT2D eigenvalue weighted by Crippen LogP contribution is 2.39. The van der Waals surface area contributed by atoms with E-state index in [4.69, 9.17) is 0 Å². The summed E-state index contributed by atoms with van der Waals surface area (Å²) >= 11 is 3.25. The van der Waals surface area contributed by atoms with Gasteiger partial charge in [-0.1, -0.05) is 38.6 Å². The third-order valence-corrected chi connectivity index (χ3v) is 5.29. The molecule has 1 heterocycles. The Bertz CT molecular complexity index is 1020. The minimum absolute atomic E-state index is 0.0353. The molecular weight excluding hydrogens is 394 g/mol. The fraction of sp³-hybridized carbons (Fsp3) is 0.125. The first-order chi connectivity index (χ1) is 11.4. The number of sulfonamides is 1. The van der Waals surface area contributed by atoms with E-state index in [-0.39, 0.29) is 16.5 Å². The molecule has 8 heteroatoms. The first-order valence-corrected chi connectivity index (χ1v) is 9.41. The van der Waals surface area contributed by atoms with Crippen LogP contribution in [0.3, 0.4) is 0 Å². The van der Waals surface area contributed by atoms with Gasteiger partial charge in [-0.2, -0.15) is 8.42 Å². The number of hydrogen-bond donors (Lipinski definition) is 1. The largest absolute Gasteiger partial charge is 0.493 e. The zero-order valence-electron chi connectivity index (χ0n) is 12.7. The first kappa shape index (κ1) is 16.7. The molecule has 124 valence electrons. The van der Waals surface area contributed by atoms with Gasteiger partial charge in [-0.05, 0) is 37.3 Å². The molecule has 3 rings (SSSR count). The second-order valence-corrected chi connectivity index (χ2v) is 7.54. The van der Waals surface area contributed by atoms with Gasteiger partial charge in [-0.25, -0.2) is 0 Å². The highest BCUT2D eigenvalue weighted by molar-refractivity contribution is 9.10. The monoisotopic (exact) mass is 407 g/mol. The number of aryl methyl sites for hydroxylation is 1. The Morgan fingerprint density at radius 1 is 1.12 bits per heavy atom. The molecule has 0 atom stereocenters. The molecule has 0 aliphatic carbocycles. The van der Waals surface area contributed by atoms with Crippen LogP contribution < -0.4 is 0 Å². The predicted octanol–water partition coefficient (Wildman–Crippen LogP) is 4.60. The Balaban J connectivity index is 2.08. The third kappa shape index (κ3) is 2.94. The van der Waals surface area contributed by atoms with E-state index in [1.165, 1.54) is 12.1 Å². The Kier molecular flexibility index (Phi) is 4.42. The number of aromatic hydroxyl groups is 1. The molecule has 0 unspecified atom stereocenters. The molecule has 1 aromatic heterocycles. The molecular formula is C16H14BrN3O3S. The maximum Gasteiger partial charge on any atom is 0.299 e. The van der Waals surface area contributed by atoms with Crippen LogP contribution in [0.15, 0.2) is 67.5 Å². The number of fused-ring (bicyclic) bond motifs is 1. The number of hydrogen-bond acceptors (Lipinski definition) is 4. The van der Waals surface area contributed by atoms with Crippen LogP contribution in [-0.4, -0.2) is 18.1 Å².